The van der Waals surface area contributed by atoms with Gasteiger partial charge in [-0.2, -0.15) is 0 Å². The van der Waals surface area contributed by atoms with Crippen molar-refractivity contribution in [3.05, 3.63) is 30.1 Å². The Balaban J connectivity index is 1.91. The van der Waals surface area contributed by atoms with Crippen molar-refractivity contribution in [1.82, 2.24) is 9.55 Å². The molecule has 1 aromatic carbocycles. The van der Waals surface area contributed by atoms with Gasteiger partial charge in [0.05, 0.1) is 17.6 Å². The first-order valence-electron chi connectivity index (χ1n) is 6.80. The zero-order chi connectivity index (χ0) is 13.7. The third kappa shape index (κ3) is 3.34. The molecule has 0 aliphatic heterocycles. The summed E-state index contributed by atoms with van der Waals surface area (Å²) in [5.74, 6) is 0.923. The van der Waals surface area contributed by atoms with E-state index in [-0.39, 0.29) is 5.97 Å². The Hall–Kier alpha value is -1.84. The van der Waals surface area contributed by atoms with Gasteiger partial charge in [-0.25, -0.2) is 4.98 Å². The summed E-state index contributed by atoms with van der Waals surface area (Å²) in [7, 11) is 0. The minimum Gasteiger partial charge on any atom is -0.466 e. The Labute approximate surface area is 113 Å². The summed E-state index contributed by atoms with van der Waals surface area (Å²) in [6.07, 6.45) is 2.31. The van der Waals surface area contributed by atoms with Crippen molar-refractivity contribution in [3.63, 3.8) is 0 Å². The highest BCUT2D eigenvalue weighted by molar-refractivity contribution is 5.75. The van der Waals surface area contributed by atoms with Crippen molar-refractivity contribution in [2.75, 3.05) is 6.61 Å². The Bertz CT molecular complexity index is 560. The normalized spacial score (nSPS) is 10.8. The van der Waals surface area contributed by atoms with E-state index in [0.717, 1.165) is 36.2 Å². The standard InChI is InChI=1S/C15H20N2O2/c1-3-19-15(18)10-6-7-11-17-12(2)16-13-8-4-5-9-14(13)17/h4-5,8-9H,3,6-7,10-11H2,1-2H3. The van der Waals surface area contributed by atoms with Crippen LogP contribution in [0.3, 0.4) is 0 Å². The molecule has 2 aromatic rings. The lowest BCUT2D eigenvalue weighted by molar-refractivity contribution is -0.143. The van der Waals surface area contributed by atoms with Crippen LogP contribution in [-0.4, -0.2) is 22.1 Å². The maximum atomic E-state index is 11.2. The van der Waals surface area contributed by atoms with Crippen LogP contribution in [0.25, 0.3) is 11.0 Å². The van der Waals surface area contributed by atoms with Gasteiger partial charge in [0.25, 0.3) is 0 Å². The number of aryl methyl sites for hydroxylation is 2. The highest BCUT2D eigenvalue weighted by Crippen LogP contribution is 2.16. The predicted molar refractivity (Wildman–Crippen MR) is 75.0 cm³/mol. The van der Waals surface area contributed by atoms with E-state index in [1.807, 2.05) is 32.0 Å². The van der Waals surface area contributed by atoms with E-state index in [0.29, 0.717) is 13.0 Å². The van der Waals surface area contributed by atoms with E-state index < -0.39 is 0 Å². The molecule has 0 N–H and O–H groups in total. The van der Waals surface area contributed by atoms with Crippen molar-refractivity contribution in [2.24, 2.45) is 0 Å². The molecule has 0 saturated heterocycles. The number of benzene rings is 1. The predicted octanol–water partition coefficient (Wildman–Crippen LogP) is 3.08. The van der Waals surface area contributed by atoms with Crippen LogP contribution in [0.4, 0.5) is 0 Å². The quantitative estimate of drug-likeness (QED) is 0.592. The van der Waals surface area contributed by atoms with Gasteiger partial charge in [0.15, 0.2) is 0 Å². The number of fused-ring (bicyclic) bond motifs is 1. The van der Waals surface area contributed by atoms with E-state index in [1.54, 1.807) is 0 Å². The fourth-order valence-corrected chi connectivity index (χ4v) is 2.25. The van der Waals surface area contributed by atoms with Crippen LogP contribution in [-0.2, 0) is 16.1 Å². The fourth-order valence-electron chi connectivity index (χ4n) is 2.25. The van der Waals surface area contributed by atoms with Crippen LogP contribution in [0.5, 0.6) is 0 Å². The molecule has 0 amide bonds. The molecule has 1 heterocycles. The number of hydrogen-bond acceptors (Lipinski definition) is 3. The van der Waals surface area contributed by atoms with Crippen LogP contribution in [0.2, 0.25) is 0 Å². The smallest absolute Gasteiger partial charge is 0.305 e. The van der Waals surface area contributed by atoms with Crippen LogP contribution in [0.15, 0.2) is 24.3 Å². The van der Waals surface area contributed by atoms with Gasteiger partial charge >= 0.3 is 5.97 Å². The van der Waals surface area contributed by atoms with Crippen LogP contribution in [0.1, 0.15) is 32.0 Å². The maximum Gasteiger partial charge on any atom is 0.305 e. The van der Waals surface area contributed by atoms with E-state index in [9.17, 15) is 4.79 Å². The summed E-state index contributed by atoms with van der Waals surface area (Å²) >= 11 is 0. The van der Waals surface area contributed by atoms with Crippen molar-refractivity contribution in [2.45, 2.75) is 39.7 Å². The van der Waals surface area contributed by atoms with Crippen LogP contribution in [0, 0.1) is 6.92 Å². The van der Waals surface area contributed by atoms with Gasteiger partial charge in [0.1, 0.15) is 5.82 Å². The third-order valence-corrected chi connectivity index (χ3v) is 3.16. The molecular formula is C15H20N2O2. The molecular weight excluding hydrogens is 240 g/mol. The number of imidazole rings is 1. The molecule has 2 rings (SSSR count). The molecule has 0 aliphatic carbocycles. The minimum atomic E-state index is -0.102. The van der Waals surface area contributed by atoms with E-state index in [2.05, 4.69) is 15.6 Å². The summed E-state index contributed by atoms with van der Waals surface area (Å²) in [6.45, 7) is 5.21. The average molecular weight is 260 g/mol. The molecule has 0 spiro atoms. The topological polar surface area (TPSA) is 44.1 Å². The Morgan fingerprint density at radius 3 is 2.89 bits per heavy atom. The second-order valence-corrected chi connectivity index (χ2v) is 4.56. The number of unbranched alkanes of at least 4 members (excludes halogenated alkanes) is 1. The van der Waals surface area contributed by atoms with Gasteiger partial charge < -0.3 is 9.30 Å². The molecule has 1 aromatic heterocycles. The number of para-hydroxylation sites is 2. The lowest BCUT2D eigenvalue weighted by Crippen LogP contribution is -2.05. The summed E-state index contributed by atoms with van der Waals surface area (Å²) < 4.78 is 7.12. The number of carbonyl (C=O) groups is 1. The zero-order valence-corrected chi connectivity index (χ0v) is 11.6. The Morgan fingerprint density at radius 2 is 2.11 bits per heavy atom. The first kappa shape index (κ1) is 13.6. The highest BCUT2D eigenvalue weighted by atomic mass is 16.5. The molecule has 0 unspecified atom stereocenters. The lowest BCUT2D eigenvalue weighted by Gasteiger charge is -2.06. The van der Waals surface area contributed by atoms with Crippen molar-refractivity contribution < 1.29 is 9.53 Å². The first-order chi connectivity index (χ1) is 9.22. The molecule has 0 atom stereocenters. The second kappa shape index (κ2) is 6.36. The number of nitrogens with zero attached hydrogens (tertiary/aromatic N) is 2. The average Bonchev–Trinajstić information content (AvgIpc) is 2.71. The van der Waals surface area contributed by atoms with Gasteiger partial charge in [-0.15, -0.1) is 0 Å². The maximum absolute atomic E-state index is 11.2. The van der Waals surface area contributed by atoms with Crippen molar-refractivity contribution in [1.29, 1.82) is 0 Å². The number of hydrogen-bond donors (Lipinski definition) is 0. The van der Waals surface area contributed by atoms with Gasteiger partial charge in [-0.05, 0) is 38.8 Å². The molecule has 0 bridgehead atoms. The number of ether oxygens (including phenoxy) is 1. The minimum absolute atomic E-state index is 0.102. The largest absolute Gasteiger partial charge is 0.466 e. The summed E-state index contributed by atoms with van der Waals surface area (Å²) in [5, 5.41) is 0. The second-order valence-electron chi connectivity index (χ2n) is 4.56. The van der Waals surface area contributed by atoms with Gasteiger partial charge in [0.2, 0.25) is 0 Å². The molecule has 102 valence electrons. The summed E-state index contributed by atoms with van der Waals surface area (Å²) in [6, 6.07) is 8.14. The number of carbonyl (C=O) groups excluding carboxylic acids is 1. The Morgan fingerprint density at radius 1 is 1.32 bits per heavy atom. The van der Waals surface area contributed by atoms with Crippen molar-refractivity contribution >= 4 is 17.0 Å². The summed E-state index contributed by atoms with van der Waals surface area (Å²) in [4.78, 5) is 15.8. The van der Waals surface area contributed by atoms with Crippen LogP contribution < -0.4 is 0 Å². The first-order valence-corrected chi connectivity index (χ1v) is 6.80. The van der Waals surface area contributed by atoms with Gasteiger partial charge in [0, 0.05) is 13.0 Å². The molecule has 4 heteroatoms. The van der Waals surface area contributed by atoms with E-state index in [1.165, 1.54) is 0 Å². The third-order valence-electron chi connectivity index (χ3n) is 3.16. The van der Waals surface area contributed by atoms with Gasteiger partial charge in [-0.1, -0.05) is 12.1 Å². The zero-order valence-electron chi connectivity index (χ0n) is 11.6. The van der Waals surface area contributed by atoms with Crippen molar-refractivity contribution in [3.8, 4) is 0 Å². The number of rotatable bonds is 6. The number of aromatic nitrogens is 2. The SMILES string of the molecule is CCOC(=O)CCCCn1c(C)nc2ccccc21. The monoisotopic (exact) mass is 260 g/mol. The molecule has 0 saturated carbocycles. The molecule has 0 radical (unpaired) electrons. The van der Waals surface area contributed by atoms with Gasteiger partial charge in [-0.3, -0.25) is 4.79 Å². The fraction of sp³-hybridized carbons (Fsp3) is 0.467. The molecule has 0 fully saturated rings. The molecule has 19 heavy (non-hydrogen) atoms. The van der Waals surface area contributed by atoms with E-state index in [4.69, 9.17) is 4.74 Å². The lowest BCUT2D eigenvalue weighted by atomic mass is 10.2. The van der Waals surface area contributed by atoms with Crippen LogP contribution >= 0.6 is 0 Å². The number of esters is 1. The van der Waals surface area contributed by atoms with E-state index >= 15 is 0 Å². The molecule has 4 nitrogen and oxygen atoms in total. The highest BCUT2D eigenvalue weighted by Gasteiger charge is 2.07. The molecule has 0 aliphatic rings. The Kier molecular flexibility index (Phi) is 4.55. The summed E-state index contributed by atoms with van der Waals surface area (Å²) in [5.41, 5.74) is 2.20.